The molecule has 0 atom stereocenters. The summed E-state index contributed by atoms with van der Waals surface area (Å²) in [6.45, 7) is 7.85. The number of hydrogen-bond donors (Lipinski definition) is 1. The maximum atomic E-state index is 9.86. The van der Waals surface area contributed by atoms with Crippen LogP contribution in [0.1, 0.15) is 25.2 Å². The number of furan rings is 1. The Balaban J connectivity index is 2.51. The van der Waals surface area contributed by atoms with E-state index in [1.165, 1.54) is 0 Å². The lowest BCUT2D eigenvalue weighted by Gasteiger charge is -2.03. The van der Waals surface area contributed by atoms with E-state index in [1.807, 2.05) is 26.0 Å². The van der Waals surface area contributed by atoms with Crippen molar-refractivity contribution in [2.75, 3.05) is 0 Å². The Labute approximate surface area is 95.2 Å². The van der Waals surface area contributed by atoms with E-state index >= 15 is 0 Å². The highest BCUT2D eigenvalue weighted by Crippen LogP contribution is 2.29. The van der Waals surface area contributed by atoms with Crippen molar-refractivity contribution >= 4 is 11.0 Å². The first-order chi connectivity index (χ1) is 7.60. The van der Waals surface area contributed by atoms with Gasteiger partial charge in [-0.1, -0.05) is 19.1 Å². The van der Waals surface area contributed by atoms with Crippen molar-refractivity contribution < 1.29 is 9.52 Å². The van der Waals surface area contributed by atoms with E-state index in [9.17, 15) is 5.11 Å². The number of phenolic OH excluding ortho intramolecular Hbond substituents is 1. The third-order valence-electron chi connectivity index (χ3n) is 2.61. The molecule has 0 saturated carbocycles. The van der Waals surface area contributed by atoms with Crippen LogP contribution in [0.2, 0.25) is 0 Å². The van der Waals surface area contributed by atoms with Gasteiger partial charge in [-0.25, -0.2) is 0 Å². The number of phenols is 1. The minimum atomic E-state index is 0.318. The van der Waals surface area contributed by atoms with Crippen molar-refractivity contribution in [2.45, 2.75) is 26.7 Å². The summed E-state index contributed by atoms with van der Waals surface area (Å²) < 4.78 is 5.65. The molecule has 0 fully saturated rings. The van der Waals surface area contributed by atoms with E-state index in [-0.39, 0.29) is 0 Å². The zero-order chi connectivity index (χ0) is 11.7. The Morgan fingerprint density at radius 3 is 2.75 bits per heavy atom. The summed E-state index contributed by atoms with van der Waals surface area (Å²) in [5.41, 5.74) is 2.74. The monoisotopic (exact) mass is 216 g/mol. The fourth-order valence-corrected chi connectivity index (χ4v) is 1.81. The molecular formula is C14H16O2. The van der Waals surface area contributed by atoms with E-state index in [0.29, 0.717) is 12.2 Å². The lowest BCUT2D eigenvalue weighted by molar-refractivity contribution is 0.469. The topological polar surface area (TPSA) is 33.4 Å². The van der Waals surface area contributed by atoms with Crippen LogP contribution in [0.5, 0.6) is 5.75 Å². The van der Waals surface area contributed by atoms with Gasteiger partial charge in [-0.05, 0) is 31.5 Å². The second-order valence-corrected chi connectivity index (χ2v) is 4.22. The molecule has 84 valence electrons. The highest BCUT2D eigenvalue weighted by atomic mass is 16.3. The summed E-state index contributed by atoms with van der Waals surface area (Å²) in [5, 5.41) is 10.8. The quantitative estimate of drug-likeness (QED) is 0.791. The molecule has 1 heterocycles. The molecule has 0 saturated heterocycles. The molecule has 2 aromatic rings. The molecule has 1 aromatic carbocycles. The van der Waals surface area contributed by atoms with Gasteiger partial charge >= 0.3 is 0 Å². The third kappa shape index (κ3) is 1.96. The molecule has 0 amide bonds. The molecular weight excluding hydrogens is 200 g/mol. The average Bonchev–Trinajstić information content (AvgIpc) is 2.59. The molecule has 0 unspecified atom stereocenters. The highest BCUT2D eigenvalue weighted by Gasteiger charge is 2.08. The average molecular weight is 216 g/mol. The molecule has 2 heteroatoms. The minimum Gasteiger partial charge on any atom is -0.508 e. The Kier molecular flexibility index (Phi) is 2.73. The molecule has 16 heavy (non-hydrogen) atoms. The van der Waals surface area contributed by atoms with Crippen LogP contribution >= 0.6 is 0 Å². The van der Waals surface area contributed by atoms with E-state index in [4.69, 9.17) is 4.42 Å². The van der Waals surface area contributed by atoms with Gasteiger partial charge in [0.15, 0.2) is 0 Å². The molecule has 2 nitrogen and oxygen atoms in total. The highest BCUT2D eigenvalue weighted by molar-refractivity contribution is 5.81. The maximum Gasteiger partial charge on any atom is 0.134 e. The largest absolute Gasteiger partial charge is 0.508 e. The van der Waals surface area contributed by atoms with Crippen molar-refractivity contribution in [3.05, 3.63) is 41.7 Å². The van der Waals surface area contributed by atoms with Gasteiger partial charge in [0.2, 0.25) is 0 Å². The second kappa shape index (κ2) is 4.05. The number of hydrogen-bond acceptors (Lipinski definition) is 2. The van der Waals surface area contributed by atoms with Crippen LogP contribution in [-0.4, -0.2) is 5.11 Å². The zero-order valence-electron chi connectivity index (χ0n) is 9.71. The molecule has 0 aliphatic heterocycles. The van der Waals surface area contributed by atoms with Crippen molar-refractivity contribution in [1.82, 2.24) is 0 Å². The predicted octanol–water partition coefficient (Wildman–Crippen LogP) is 3.82. The van der Waals surface area contributed by atoms with Gasteiger partial charge in [0, 0.05) is 17.4 Å². The standard InChI is InChI=1S/C14H16O2/c1-4-12-6-11-7-13(15)10(5-9(2)3)8-14(11)16-12/h6-8,15H,2,4-5H2,1,3H3. The first kappa shape index (κ1) is 10.8. The smallest absolute Gasteiger partial charge is 0.134 e. The number of fused-ring (bicyclic) bond motifs is 1. The summed E-state index contributed by atoms with van der Waals surface area (Å²) in [6.07, 6.45) is 1.55. The third-order valence-corrected chi connectivity index (χ3v) is 2.61. The molecule has 0 aliphatic carbocycles. The van der Waals surface area contributed by atoms with Crippen molar-refractivity contribution in [3.8, 4) is 5.75 Å². The number of allylic oxidation sites excluding steroid dienone is 1. The molecule has 0 aliphatic rings. The molecule has 0 spiro atoms. The van der Waals surface area contributed by atoms with E-state index in [0.717, 1.165) is 34.3 Å². The summed E-state index contributed by atoms with van der Waals surface area (Å²) in [5.74, 6) is 1.26. The molecule has 0 radical (unpaired) electrons. The van der Waals surface area contributed by atoms with E-state index < -0.39 is 0 Å². The minimum absolute atomic E-state index is 0.318. The van der Waals surface area contributed by atoms with Gasteiger partial charge in [-0.15, -0.1) is 0 Å². The Morgan fingerprint density at radius 2 is 2.12 bits per heavy atom. The fraction of sp³-hybridized carbons (Fsp3) is 0.286. The first-order valence-electron chi connectivity index (χ1n) is 5.49. The molecule has 1 aromatic heterocycles. The Hall–Kier alpha value is -1.70. The van der Waals surface area contributed by atoms with Gasteiger partial charge < -0.3 is 9.52 Å². The van der Waals surface area contributed by atoms with Gasteiger partial charge in [0.25, 0.3) is 0 Å². The summed E-state index contributed by atoms with van der Waals surface area (Å²) in [7, 11) is 0. The van der Waals surface area contributed by atoms with Crippen LogP contribution < -0.4 is 0 Å². The Bertz CT molecular complexity index is 535. The molecule has 1 N–H and O–H groups in total. The van der Waals surface area contributed by atoms with E-state index in [1.54, 1.807) is 6.07 Å². The van der Waals surface area contributed by atoms with Crippen molar-refractivity contribution in [2.24, 2.45) is 0 Å². The van der Waals surface area contributed by atoms with Gasteiger partial charge in [-0.2, -0.15) is 0 Å². The van der Waals surface area contributed by atoms with E-state index in [2.05, 4.69) is 6.58 Å². The normalized spacial score (nSPS) is 10.9. The second-order valence-electron chi connectivity index (χ2n) is 4.22. The zero-order valence-corrected chi connectivity index (χ0v) is 9.71. The summed E-state index contributed by atoms with van der Waals surface area (Å²) >= 11 is 0. The van der Waals surface area contributed by atoms with Gasteiger partial charge in [0.1, 0.15) is 17.1 Å². The van der Waals surface area contributed by atoms with Gasteiger partial charge in [0.05, 0.1) is 0 Å². The fourth-order valence-electron chi connectivity index (χ4n) is 1.81. The Morgan fingerprint density at radius 1 is 1.38 bits per heavy atom. The SMILES string of the molecule is C=C(C)Cc1cc2oc(CC)cc2cc1O. The van der Waals surface area contributed by atoms with Crippen LogP contribution in [0.25, 0.3) is 11.0 Å². The summed E-state index contributed by atoms with van der Waals surface area (Å²) in [4.78, 5) is 0. The van der Waals surface area contributed by atoms with Crippen molar-refractivity contribution in [1.29, 1.82) is 0 Å². The summed E-state index contributed by atoms with van der Waals surface area (Å²) in [6, 6.07) is 5.63. The van der Waals surface area contributed by atoms with Crippen LogP contribution in [0, 0.1) is 0 Å². The van der Waals surface area contributed by atoms with Crippen molar-refractivity contribution in [3.63, 3.8) is 0 Å². The lowest BCUT2D eigenvalue weighted by atomic mass is 10.0. The number of aryl methyl sites for hydroxylation is 1. The van der Waals surface area contributed by atoms with Crippen LogP contribution in [0.3, 0.4) is 0 Å². The van der Waals surface area contributed by atoms with Crippen LogP contribution in [-0.2, 0) is 12.8 Å². The maximum absolute atomic E-state index is 9.86. The predicted molar refractivity (Wildman–Crippen MR) is 65.8 cm³/mol. The number of benzene rings is 1. The number of aromatic hydroxyl groups is 1. The van der Waals surface area contributed by atoms with Crippen LogP contribution in [0.15, 0.2) is 34.8 Å². The molecule has 0 bridgehead atoms. The van der Waals surface area contributed by atoms with Gasteiger partial charge in [-0.3, -0.25) is 0 Å². The van der Waals surface area contributed by atoms with Crippen LogP contribution in [0.4, 0.5) is 0 Å². The lowest BCUT2D eigenvalue weighted by Crippen LogP contribution is -1.86. The number of rotatable bonds is 3. The molecule has 2 rings (SSSR count). The first-order valence-corrected chi connectivity index (χ1v) is 5.49.